The number of rotatable bonds is 6. The van der Waals surface area contributed by atoms with E-state index in [0.717, 1.165) is 16.4 Å². The quantitative estimate of drug-likeness (QED) is 0.602. The number of hydrogen-bond acceptors (Lipinski definition) is 6. The Labute approximate surface area is 166 Å². The first-order valence-electron chi connectivity index (χ1n) is 7.89. The molecule has 1 saturated heterocycles. The summed E-state index contributed by atoms with van der Waals surface area (Å²) >= 11 is 1.48. The highest BCUT2D eigenvalue weighted by atomic mass is 32.2. The molecule has 1 heterocycles. The molecular formula is C15H14F6N2O4S2. The van der Waals surface area contributed by atoms with E-state index in [9.17, 15) is 40.0 Å². The van der Waals surface area contributed by atoms with Crippen molar-refractivity contribution in [2.45, 2.75) is 17.2 Å². The van der Waals surface area contributed by atoms with Crippen molar-refractivity contribution in [1.82, 2.24) is 4.31 Å². The summed E-state index contributed by atoms with van der Waals surface area (Å²) in [5.41, 5.74) is -0.869. The summed E-state index contributed by atoms with van der Waals surface area (Å²) in [7, 11) is -4.35. The third-order valence-corrected chi connectivity index (χ3v) is 6.42. The topological polar surface area (TPSA) is 79.6 Å². The van der Waals surface area contributed by atoms with E-state index in [1.807, 2.05) is 0 Å². The molecule has 0 N–H and O–H groups in total. The van der Waals surface area contributed by atoms with Crippen LogP contribution < -0.4 is 9.47 Å². The van der Waals surface area contributed by atoms with Gasteiger partial charge in [-0.05, 0) is 12.1 Å². The number of hydrogen-bond donors (Lipinski definition) is 0. The summed E-state index contributed by atoms with van der Waals surface area (Å²) in [6.45, 7) is -3.60. The Morgan fingerprint density at radius 3 is 2.10 bits per heavy atom. The molecule has 14 heteroatoms. The number of thioether (sulfide) groups is 1. The van der Waals surface area contributed by atoms with Crippen molar-refractivity contribution in [3.05, 3.63) is 17.7 Å². The second-order valence-electron chi connectivity index (χ2n) is 5.70. The number of benzene rings is 1. The van der Waals surface area contributed by atoms with Crippen LogP contribution in [0.1, 0.15) is 5.56 Å². The lowest BCUT2D eigenvalue weighted by molar-refractivity contribution is -0.154. The molecule has 1 aromatic carbocycles. The standard InChI is InChI=1S/C15H14F6N2O4S2/c16-14(17,18)8-26-11-1-2-12(29(24,25)23-3-5-28-6-4-23)13(10(11)7-22)27-9-15(19,20)21/h1-2H,3-6,8-9H2. The first-order chi connectivity index (χ1) is 13.3. The smallest absolute Gasteiger partial charge is 0.422 e. The fraction of sp³-hybridized carbons (Fsp3) is 0.533. The highest BCUT2D eigenvalue weighted by molar-refractivity contribution is 7.99. The Balaban J connectivity index is 2.53. The predicted octanol–water partition coefficient (Wildman–Crippen LogP) is 3.18. The monoisotopic (exact) mass is 464 g/mol. The van der Waals surface area contributed by atoms with Crippen LogP contribution in [0.5, 0.6) is 11.5 Å². The largest absolute Gasteiger partial charge is 0.483 e. The highest BCUT2D eigenvalue weighted by Gasteiger charge is 2.36. The maximum atomic E-state index is 12.9. The molecule has 29 heavy (non-hydrogen) atoms. The van der Waals surface area contributed by atoms with Gasteiger partial charge in [0.05, 0.1) is 0 Å². The van der Waals surface area contributed by atoms with Crippen molar-refractivity contribution in [3.63, 3.8) is 0 Å². The van der Waals surface area contributed by atoms with Gasteiger partial charge in [0.25, 0.3) is 0 Å². The van der Waals surface area contributed by atoms with Gasteiger partial charge in [-0.1, -0.05) is 0 Å². The second kappa shape index (κ2) is 8.88. The van der Waals surface area contributed by atoms with Crippen LogP contribution in [-0.2, 0) is 10.0 Å². The Hall–Kier alpha value is -1.85. The van der Waals surface area contributed by atoms with Crippen LogP contribution in [-0.4, -0.2) is 62.9 Å². The molecule has 0 spiro atoms. The summed E-state index contributed by atoms with van der Waals surface area (Å²) in [5.74, 6) is -0.830. The molecule has 0 unspecified atom stereocenters. The molecule has 1 aliphatic heterocycles. The number of nitriles is 1. The van der Waals surface area contributed by atoms with Crippen LogP contribution in [0.15, 0.2) is 17.0 Å². The molecule has 162 valence electrons. The summed E-state index contributed by atoms with van der Waals surface area (Å²) < 4.78 is 111. The van der Waals surface area contributed by atoms with E-state index in [1.54, 1.807) is 0 Å². The summed E-state index contributed by atoms with van der Waals surface area (Å²) in [6.07, 6.45) is -9.66. The number of halogens is 6. The summed E-state index contributed by atoms with van der Waals surface area (Å²) in [6, 6.07) is 2.94. The zero-order valence-electron chi connectivity index (χ0n) is 14.5. The average Bonchev–Trinajstić information content (AvgIpc) is 2.63. The van der Waals surface area contributed by atoms with Gasteiger partial charge < -0.3 is 9.47 Å². The van der Waals surface area contributed by atoms with Crippen LogP contribution in [0, 0.1) is 11.3 Å². The molecule has 0 bridgehead atoms. The third-order valence-electron chi connectivity index (χ3n) is 3.55. The Morgan fingerprint density at radius 1 is 1.03 bits per heavy atom. The van der Waals surface area contributed by atoms with E-state index in [1.165, 1.54) is 17.8 Å². The summed E-state index contributed by atoms with van der Waals surface area (Å²) in [4.78, 5) is -0.746. The molecule has 0 atom stereocenters. The van der Waals surface area contributed by atoms with Gasteiger partial charge in [0, 0.05) is 24.6 Å². The van der Waals surface area contributed by atoms with Crippen molar-refractivity contribution in [3.8, 4) is 17.6 Å². The number of ether oxygens (including phenoxy) is 2. The van der Waals surface area contributed by atoms with E-state index < -0.39 is 57.5 Å². The van der Waals surface area contributed by atoms with Crippen LogP contribution >= 0.6 is 11.8 Å². The Bertz CT molecular complexity index is 875. The first-order valence-corrected chi connectivity index (χ1v) is 10.5. The molecule has 6 nitrogen and oxygen atoms in total. The molecule has 1 aromatic rings. The SMILES string of the molecule is N#Cc1c(OCC(F)(F)F)ccc(S(=O)(=O)N2CCSCC2)c1OCC(F)(F)F. The van der Waals surface area contributed by atoms with Crippen LogP contribution in [0.4, 0.5) is 26.3 Å². The fourth-order valence-electron chi connectivity index (χ4n) is 2.36. The van der Waals surface area contributed by atoms with Crippen molar-refractivity contribution in [2.24, 2.45) is 0 Å². The molecule has 0 aromatic heterocycles. The van der Waals surface area contributed by atoms with E-state index in [2.05, 4.69) is 9.47 Å². The second-order valence-corrected chi connectivity index (χ2v) is 8.83. The normalized spacial score (nSPS) is 16.3. The maximum Gasteiger partial charge on any atom is 0.422 e. The van der Waals surface area contributed by atoms with Gasteiger partial charge in [-0.25, -0.2) is 8.42 Å². The number of alkyl halides is 6. The van der Waals surface area contributed by atoms with Crippen molar-refractivity contribution >= 4 is 21.8 Å². The highest BCUT2D eigenvalue weighted by Crippen LogP contribution is 2.38. The van der Waals surface area contributed by atoms with Gasteiger partial charge in [-0.15, -0.1) is 0 Å². The van der Waals surface area contributed by atoms with Crippen LogP contribution in [0.2, 0.25) is 0 Å². The number of nitrogens with zero attached hydrogens (tertiary/aromatic N) is 2. The molecule has 1 fully saturated rings. The van der Waals surface area contributed by atoms with Crippen LogP contribution in [0.3, 0.4) is 0 Å². The zero-order valence-corrected chi connectivity index (χ0v) is 16.1. The lowest BCUT2D eigenvalue weighted by atomic mass is 10.2. The van der Waals surface area contributed by atoms with Crippen LogP contribution in [0.25, 0.3) is 0 Å². The van der Waals surface area contributed by atoms with E-state index in [0.29, 0.717) is 11.5 Å². The first kappa shape index (κ1) is 23.4. The van der Waals surface area contributed by atoms with Gasteiger partial charge in [-0.2, -0.15) is 47.7 Å². The molecule has 0 aliphatic carbocycles. The molecular weight excluding hydrogens is 450 g/mol. The lowest BCUT2D eigenvalue weighted by Gasteiger charge is -2.27. The van der Waals surface area contributed by atoms with Gasteiger partial charge in [0.2, 0.25) is 10.0 Å². The Kier molecular flexibility index (Phi) is 7.18. The van der Waals surface area contributed by atoms with Crippen molar-refractivity contribution in [2.75, 3.05) is 37.8 Å². The maximum absolute atomic E-state index is 12.9. The minimum absolute atomic E-state index is 0.0833. The van der Waals surface area contributed by atoms with Gasteiger partial charge in [-0.3, -0.25) is 0 Å². The molecule has 0 saturated carbocycles. The van der Waals surface area contributed by atoms with Gasteiger partial charge in [0.1, 0.15) is 22.3 Å². The lowest BCUT2D eigenvalue weighted by Crippen LogP contribution is -2.38. The third kappa shape index (κ3) is 6.31. The molecule has 1 aliphatic rings. The summed E-state index contributed by atoms with van der Waals surface area (Å²) in [5, 5.41) is 9.27. The van der Waals surface area contributed by atoms with E-state index in [4.69, 9.17) is 0 Å². The fourth-order valence-corrected chi connectivity index (χ4v) is 5.07. The van der Waals surface area contributed by atoms with E-state index in [-0.39, 0.29) is 13.1 Å². The molecule has 2 rings (SSSR count). The average molecular weight is 464 g/mol. The van der Waals surface area contributed by atoms with Gasteiger partial charge in [0.15, 0.2) is 19.0 Å². The zero-order chi connectivity index (χ0) is 21.9. The van der Waals surface area contributed by atoms with Gasteiger partial charge >= 0.3 is 12.4 Å². The Morgan fingerprint density at radius 2 is 1.59 bits per heavy atom. The number of sulfonamides is 1. The molecule has 0 amide bonds. The minimum atomic E-state index is -4.88. The van der Waals surface area contributed by atoms with E-state index >= 15 is 0 Å². The molecule has 0 radical (unpaired) electrons. The van der Waals surface area contributed by atoms with Crippen molar-refractivity contribution < 1.29 is 44.2 Å². The predicted molar refractivity (Wildman–Crippen MR) is 90.3 cm³/mol. The minimum Gasteiger partial charge on any atom is -0.483 e. The van der Waals surface area contributed by atoms with Crippen molar-refractivity contribution in [1.29, 1.82) is 5.26 Å².